The van der Waals surface area contributed by atoms with Gasteiger partial charge in [0.2, 0.25) is 5.91 Å². The van der Waals surface area contributed by atoms with Crippen molar-refractivity contribution in [3.63, 3.8) is 0 Å². The van der Waals surface area contributed by atoms with E-state index in [-0.39, 0.29) is 17.7 Å². The number of aromatic amines is 1. The summed E-state index contributed by atoms with van der Waals surface area (Å²) in [6.45, 7) is 7.01. The minimum absolute atomic E-state index is 0.0832. The van der Waals surface area contributed by atoms with Crippen LogP contribution in [0.5, 0.6) is 0 Å². The molecule has 1 atom stereocenters. The molecule has 0 bridgehead atoms. The van der Waals surface area contributed by atoms with E-state index in [2.05, 4.69) is 15.2 Å². The molecule has 7 nitrogen and oxygen atoms in total. The molecule has 2 aromatic heterocycles. The van der Waals surface area contributed by atoms with E-state index in [9.17, 15) is 9.59 Å². The summed E-state index contributed by atoms with van der Waals surface area (Å²) in [6, 6.07) is 0. The highest BCUT2D eigenvalue weighted by Gasteiger charge is 2.30. The number of aromatic nitrogens is 3. The largest absolute Gasteiger partial charge is 0.342 e. The Labute approximate surface area is 181 Å². The van der Waals surface area contributed by atoms with Crippen molar-refractivity contribution in [1.82, 2.24) is 25.0 Å². The molecule has 0 aromatic carbocycles. The van der Waals surface area contributed by atoms with E-state index in [1.165, 1.54) is 12.8 Å². The van der Waals surface area contributed by atoms with Crippen molar-refractivity contribution in [1.29, 1.82) is 0 Å². The number of hydrogen-bond donors (Lipinski definition) is 1. The molecule has 162 valence electrons. The molecule has 2 aliphatic heterocycles. The first-order valence-corrected chi connectivity index (χ1v) is 11.9. The van der Waals surface area contributed by atoms with Gasteiger partial charge in [-0.05, 0) is 39.5 Å². The van der Waals surface area contributed by atoms with Crippen molar-refractivity contribution >= 4 is 23.2 Å². The van der Waals surface area contributed by atoms with Crippen LogP contribution in [0.15, 0.2) is 6.20 Å². The predicted molar refractivity (Wildman–Crippen MR) is 117 cm³/mol. The van der Waals surface area contributed by atoms with E-state index in [0.717, 1.165) is 66.6 Å². The Balaban J connectivity index is 1.45. The van der Waals surface area contributed by atoms with Gasteiger partial charge in [0.1, 0.15) is 0 Å². The second kappa shape index (κ2) is 9.29. The van der Waals surface area contributed by atoms with Gasteiger partial charge < -0.3 is 9.80 Å². The Hall–Kier alpha value is -2.22. The monoisotopic (exact) mass is 429 g/mol. The number of piperidine rings is 1. The van der Waals surface area contributed by atoms with Gasteiger partial charge in [-0.1, -0.05) is 12.8 Å². The number of carbonyl (C=O) groups excluding carboxylic acids is 2. The van der Waals surface area contributed by atoms with Crippen LogP contribution in [0, 0.1) is 13.8 Å². The SMILES string of the molecule is Cc1nc(C)c(CC(=O)N2CCC[C@@H](c3[nH]ncc3C(=O)N3CCCCCC3)C2)s1. The van der Waals surface area contributed by atoms with Gasteiger partial charge in [0.25, 0.3) is 5.91 Å². The summed E-state index contributed by atoms with van der Waals surface area (Å²) in [5.41, 5.74) is 2.54. The zero-order chi connectivity index (χ0) is 21.1. The zero-order valence-corrected chi connectivity index (χ0v) is 18.8. The van der Waals surface area contributed by atoms with Crippen LogP contribution in [-0.4, -0.2) is 63.0 Å². The van der Waals surface area contributed by atoms with Gasteiger partial charge >= 0.3 is 0 Å². The average Bonchev–Trinajstić information content (AvgIpc) is 3.24. The van der Waals surface area contributed by atoms with E-state index in [1.54, 1.807) is 17.5 Å². The molecule has 0 unspecified atom stereocenters. The summed E-state index contributed by atoms with van der Waals surface area (Å²) in [7, 11) is 0. The van der Waals surface area contributed by atoms with Gasteiger partial charge in [-0.2, -0.15) is 5.10 Å². The number of rotatable bonds is 4. The molecule has 4 rings (SSSR count). The van der Waals surface area contributed by atoms with E-state index in [1.807, 2.05) is 23.6 Å². The summed E-state index contributed by atoms with van der Waals surface area (Å²) in [5, 5.41) is 8.30. The first-order chi connectivity index (χ1) is 14.5. The summed E-state index contributed by atoms with van der Waals surface area (Å²) < 4.78 is 0. The molecular formula is C22H31N5O2S. The van der Waals surface area contributed by atoms with Crippen LogP contribution < -0.4 is 0 Å². The van der Waals surface area contributed by atoms with Crippen LogP contribution in [0.2, 0.25) is 0 Å². The molecule has 0 aliphatic carbocycles. The van der Waals surface area contributed by atoms with E-state index < -0.39 is 0 Å². The third-order valence-electron chi connectivity index (χ3n) is 6.29. The lowest BCUT2D eigenvalue weighted by Crippen LogP contribution is -2.40. The number of aryl methyl sites for hydroxylation is 2. The number of H-pyrrole nitrogens is 1. The summed E-state index contributed by atoms with van der Waals surface area (Å²) >= 11 is 1.60. The fourth-order valence-electron chi connectivity index (χ4n) is 4.65. The van der Waals surface area contributed by atoms with Crippen LogP contribution in [0.25, 0.3) is 0 Å². The Kier molecular flexibility index (Phi) is 6.51. The average molecular weight is 430 g/mol. The fourth-order valence-corrected chi connectivity index (χ4v) is 5.58. The topological polar surface area (TPSA) is 82.2 Å². The Bertz CT molecular complexity index is 897. The minimum atomic E-state index is 0.0832. The second-order valence-electron chi connectivity index (χ2n) is 8.50. The molecule has 0 saturated carbocycles. The van der Waals surface area contributed by atoms with Gasteiger partial charge in [-0.3, -0.25) is 14.7 Å². The Morgan fingerprint density at radius 1 is 1.10 bits per heavy atom. The van der Waals surface area contributed by atoms with Gasteiger partial charge in [-0.15, -0.1) is 11.3 Å². The van der Waals surface area contributed by atoms with Crippen molar-refractivity contribution in [3.8, 4) is 0 Å². The number of likely N-dealkylation sites (tertiary alicyclic amines) is 2. The maximum Gasteiger partial charge on any atom is 0.257 e. The van der Waals surface area contributed by atoms with Crippen LogP contribution in [0.3, 0.4) is 0 Å². The predicted octanol–water partition coefficient (Wildman–Crippen LogP) is 3.45. The molecule has 2 saturated heterocycles. The molecule has 1 N–H and O–H groups in total. The number of nitrogens with one attached hydrogen (secondary N) is 1. The fraction of sp³-hybridized carbons (Fsp3) is 0.636. The smallest absolute Gasteiger partial charge is 0.257 e. The standard InChI is InChI=1S/C22H31N5O2S/c1-15-19(30-16(2)24-15)12-20(28)27-11-7-8-17(14-27)21-18(13-23-25-21)22(29)26-9-5-3-4-6-10-26/h13,17H,3-12,14H2,1-2H3,(H,23,25)/t17-/m1/s1. The summed E-state index contributed by atoms with van der Waals surface area (Å²) in [4.78, 5) is 35.5. The van der Waals surface area contributed by atoms with Gasteiger partial charge in [0.15, 0.2) is 0 Å². The maximum atomic E-state index is 13.2. The number of amides is 2. The summed E-state index contributed by atoms with van der Waals surface area (Å²) in [6.07, 6.45) is 8.51. The van der Waals surface area contributed by atoms with Gasteiger partial charge in [0.05, 0.1) is 34.6 Å². The van der Waals surface area contributed by atoms with E-state index >= 15 is 0 Å². The molecular weight excluding hydrogens is 398 g/mol. The van der Waals surface area contributed by atoms with Crippen LogP contribution in [0.4, 0.5) is 0 Å². The van der Waals surface area contributed by atoms with Crippen molar-refractivity contribution in [2.75, 3.05) is 26.2 Å². The maximum absolute atomic E-state index is 13.2. The second-order valence-corrected chi connectivity index (χ2v) is 9.79. The van der Waals surface area contributed by atoms with Crippen LogP contribution in [0.1, 0.15) is 76.1 Å². The number of hydrogen-bond acceptors (Lipinski definition) is 5. The Morgan fingerprint density at radius 2 is 1.83 bits per heavy atom. The van der Waals surface area contributed by atoms with Crippen molar-refractivity contribution in [2.45, 2.75) is 64.7 Å². The van der Waals surface area contributed by atoms with Gasteiger partial charge in [-0.25, -0.2) is 4.98 Å². The highest BCUT2D eigenvalue weighted by atomic mass is 32.1. The van der Waals surface area contributed by atoms with E-state index in [4.69, 9.17) is 0 Å². The molecule has 2 amide bonds. The molecule has 30 heavy (non-hydrogen) atoms. The Morgan fingerprint density at radius 3 is 2.53 bits per heavy atom. The highest BCUT2D eigenvalue weighted by molar-refractivity contribution is 7.11. The van der Waals surface area contributed by atoms with E-state index in [0.29, 0.717) is 18.5 Å². The van der Waals surface area contributed by atoms with Crippen LogP contribution in [-0.2, 0) is 11.2 Å². The molecule has 0 spiro atoms. The normalized spacial score (nSPS) is 20.3. The molecule has 2 aromatic rings. The summed E-state index contributed by atoms with van der Waals surface area (Å²) in [5.74, 6) is 0.353. The first-order valence-electron chi connectivity index (χ1n) is 11.1. The first kappa shape index (κ1) is 21.0. The third-order valence-corrected chi connectivity index (χ3v) is 7.36. The molecule has 8 heteroatoms. The zero-order valence-electron chi connectivity index (χ0n) is 17.9. The minimum Gasteiger partial charge on any atom is -0.342 e. The third kappa shape index (κ3) is 4.58. The lowest BCUT2D eigenvalue weighted by atomic mass is 9.92. The molecule has 4 heterocycles. The van der Waals surface area contributed by atoms with Crippen molar-refractivity contribution in [3.05, 3.63) is 33.0 Å². The molecule has 2 fully saturated rings. The van der Waals surface area contributed by atoms with Crippen molar-refractivity contribution < 1.29 is 9.59 Å². The quantitative estimate of drug-likeness (QED) is 0.807. The number of nitrogens with zero attached hydrogens (tertiary/aromatic N) is 4. The highest BCUT2D eigenvalue weighted by Crippen LogP contribution is 2.30. The van der Waals surface area contributed by atoms with Crippen LogP contribution >= 0.6 is 11.3 Å². The molecule has 0 radical (unpaired) electrons. The lowest BCUT2D eigenvalue weighted by molar-refractivity contribution is -0.131. The number of carbonyl (C=O) groups is 2. The van der Waals surface area contributed by atoms with Gasteiger partial charge in [0, 0.05) is 37.0 Å². The number of thiazole rings is 1. The molecule has 2 aliphatic rings. The van der Waals surface area contributed by atoms with Crippen molar-refractivity contribution in [2.24, 2.45) is 0 Å². The lowest BCUT2D eigenvalue weighted by Gasteiger charge is -2.33.